The van der Waals surface area contributed by atoms with Gasteiger partial charge in [-0.3, -0.25) is 0 Å². The van der Waals surface area contributed by atoms with Crippen molar-refractivity contribution in [1.82, 2.24) is 0 Å². The van der Waals surface area contributed by atoms with Gasteiger partial charge in [0.05, 0.1) is 32.5 Å². The van der Waals surface area contributed by atoms with E-state index in [1.165, 1.54) is 12.8 Å². The van der Waals surface area contributed by atoms with E-state index in [4.69, 9.17) is 28.1 Å². The van der Waals surface area contributed by atoms with E-state index in [0.29, 0.717) is 69.6 Å². The van der Waals surface area contributed by atoms with E-state index in [-0.39, 0.29) is 11.1 Å². The van der Waals surface area contributed by atoms with E-state index in [1.54, 1.807) is 7.11 Å². The second kappa shape index (κ2) is 15.5. The third-order valence-corrected chi connectivity index (χ3v) is 13.5. The monoisotopic (exact) mass is 554 g/mol. The van der Waals surface area contributed by atoms with Crippen molar-refractivity contribution < 1.29 is 28.1 Å². The van der Waals surface area contributed by atoms with Gasteiger partial charge in [-0.25, -0.2) is 0 Å². The topological polar surface area (TPSA) is 55.4 Å². The second-order valence-corrected chi connectivity index (χ2v) is 18.0. The number of methoxy groups -OCH3 is 1. The van der Waals surface area contributed by atoms with Crippen LogP contribution >= 0.6 is 0 Å². The van der Waals surface area contributed by atoms with Gasteiger partial charge in [0, 0.05) is 26.2 Å². The van der Waals surface area contributed by atoms with E-state index >= 15 is 0 Å². The largest absolute Gasteiger partial charge is 0.414 e. The molecule has 0 amide bonds. The number of rotatable bonds is 15. The van der Waals surface area contributed by atoms with Crippen LogP contribution in [0.25, 0.3) is 0 Å². The fraction of sp³-hybridized carbons (Fsp3) is 0.935. The van der Waals surface area contributed by atoms with Crippen molar-refractivity contribution in [2.45, 2.75) is 117 Å². The highest BCUT2D eigenvalue weighted by Crippen LogP contribution is 2.52. The number of ether oxygens (including phenoxy) is 5. The van der Waals surface area contributed by atoms with Crippen LogP contribution in [-0.4, -0.2) is 73.1 Å². The molecule has 222 valence electrons. The first-order valence-corrected chi connectivity index (χ1v) is 17.8. The predicted molar refractivity (Wildman–Crippen MR) is 157 cm³/mol. The molecule has 0 N–H and O–H groups in total. The molecule has 0 saturated heterocycles. The Morgan fingerprint density at radius 2 is 1.58 bits per heavy atom. The minimum atomic E-state index is -1.88. The third kappa shape index (κ3) is 10.2. The average molecular weight is 555 g/mol. The Kier molecular flexibility index (Phi) is 13.8. The van der Waals surface area contributed by atoms with Gasteiger partial charge in [0.2, 0.25) is 0 Å². The van der Waals surface area contributed by atoms with Crippen LogP contribution < -0.4 is 0 Å². The fourth-order valence-corrected chi connectivity index (χ4v) is 7.21. The summed E-state index contributed by atoms with van der Waals surface area (Å²) in [5.74, 6) is 8.98. The second-order valence-electron chi connectivity index (χ2n) is 13.2. The molecule has 6 atom stereocenters. The molecule has 0 spiro atoms. The molecule has 2 fully saturated rings. The minimum Gasteiger partial charge on any atom is -0.414 e. The summed E-state index contributed by atoms with van der Waals surface area (Å²) in [6, 6.07) is 0. The minimum absolute atomic E-state index is 0.198. The van der Waals surface area contributed by atoms with Gasteiger partial charge in [0.1, 0.15) is 12.4 Å². The van der Waals surface area contributed by atoms with Crippen molar-refractivity contribution in [2.24, 2.45) is 23.7 Å². The Bertz CT molecular complexity index is 737. The summed E-state index contributed by atoms with van der Waals surface area (Å²) < 4.78 is 35.6. The molecule has 0 aromatic carbocycles. The van der Waals surface area contributed by atoms with Crippen LogP contribution in [0, 0.1) is 35.5 Å². The Hall–Kier alpha value is -0.463. The molecular formula is C31H58O6Si. The lowest BCUT2D eigenvalue weighted by Gasteiger charge is -2.47. The molecule has 0 bridgehead atoms. The lowest BCUT2D eigenvalue weighted by molar-refractivity contribution is -0.142. The Balaban J connectivity index is 2.10. The lowest BCUT2D eigenvalue weighted by Crippen LogP contribution is -2.51. The smallest absolute Gasteiger partial charge is 0.192 e. The summed E-state index contributed by atoms with van der Waals surface area (Å²) in [6.45, 7) is 23.7. The normalized spacial score (nSPS) is 27.1. The molecular weight excluding hydrogens is 496 g/mol. The Morgan fingerprint density at radius 1 is 0.895 bits per heavy atom. The zero-order valence-electron chi connectivity index (χ0n) is 26.2. The lowest BCUT2D eigenvalue weighted by atomic mass is 9.71. The molecule has 2 rings (SSSR count). The van der Waals surface area contributed by atoms with Crippen molar-refractivity contribution in [3.05, 3.63) is 0 Å². The molecule has 0 aliphatic heterocycles. The number of fused-ring (bicyclic) bond motifs is 1. The van der Waals surface area contributed by atoms with Crippen molar-refractivity contribution in [1.29, 1.82) is 0 Å². The quantitative estimate of drug-likeness (QED) is 0.0974. The molecule has 2 aliphatic carbocycles. The van der Waals surface area contributed by atoms with E-state index in [2.05, 4.69) is 52.6 Å². The summed E-state index contributed by atoms with van der Waals surface area (Å²) >= 11 is 0. The van der Waals surface area contributed by atoms with Gasteiger partial charge in [0.15, 0.2) is 8.32 Å². The van der Waals surface area contributed by atoms with Gasteiger partial charge in [-0.1, -0.05) is 39.5 Å². The highest BCUT2D eigenvalue weighted by molar-refractivity contribution is 6.74. The molecule has 0 aromatic rings. The van der Waals surface area contributed by atoms with Gasteiger partial charge in [0.25, 0.3) is 0 Å². The molecule has 0 radical (unpaired) electrons. The van der Waals surface area contributed by atoms with Gasteiger partial charge in [-0.15, -0.1) is 0 Å². The van der Waals surface area contributed by atoms with E-state index in [9.17, 15) is 0 Å². The standard InChI is InChI=1S/C31H58O6Si/c1-11-33-21-22-36-31(6,7)18-12-13-24(2)25-14-15-26-27(35-23-34-20-19-32-8)16-17-28(29(25)26)37-38(9,10)30(3,4)5/h24-29H,11,13-17,19-23H2,1-10H3/t24-,25-,26+,27-,28+,29-/m1/s1. The van der Waals surface area contributed by atoms with Crippen molar-refractivity contribution in [2.75, 3.05) is 46.9 Å². The van der Waals surface area contributed by atoms with E-state index in [0.717, 1.165) is 19.3 Å². The van der Waals surface area contributed by atoms with Crippen LogP contribution in [0.4, 0.5) is 0 Å². The summed E-state index contributed by atoms with van der Waals surface area (Å²) in [4.78, 5) is 0. The third-order valence-electron chi connectivity index (χ3n) is 8.95. The molecule has 6 nitrogen and oxygen atoms in total. The first-order chi connectivity index (χ1) is 17.8. The Morgan fingerprint density at radius 3 is 2.24 bits per heavy atom. The molecule has 0 unspecified atom stereocenters. The first-order valence-electron chi connectivity index (χ1n) is 14.9. The maximum atomic E-state index is 7.13. The zero-order valence-corrected chi connectivity index (χ0v) is 27.2. The van der Waals surface area contributed by atoms with Crippen LogP contribution in [0.3, 0.4) is 0 Å². The van der Waals surface area contributed by atoms with Crippen molar-refractivity contribution in [3.63, 3.8) is 0 Å². The summed E-state index contributed by atoms with van der Waals surface area (Å²) in [5.41, 5.74) is -0.463. The predicted octanol–water partition coefficient (Wildman–Crippen LogP) is 6.68. The highest BCUT2D eigenvalue weighted by atomic mass is 28.4. The number of hydrogen-bond donors (Lipinski definition) is 0. The maximum absolute atomic E-state index is 7.13. The summed E-state index contributed by atoms with van der Waals surface area (Å²) in [6.07, 6.45) is 5.94. The molecule has 0 aromatic heterocycles. The molecule has 2 aliphatic rings. The average Bonchev–Trinajstić information content (AvgIpc) is 3.28. The van der Waals surface area contributed by atoms with Crippen molar-refractivity contribution >= 4 is 8.32 Å². The molecule has 2 saturated carbocycles. The van der Waals surface area contributed by atoms with Gasteiger partial charge in [-0.05, 0) is 88.3 Å². The fourth-order valence-electron chi connectivity index (χ4n) is 5.82. The first kappa shape index (κ1) is 33.7. The number of hydrogen-bond acceptors (Lipinski definition) is 6. The molecule has 0 heterocycles. The maximum Gasteiger partial charge on any atom is 0.192 e. The van der Waals surface area contributed by atoms with Gasteiger partial charge < -0.3 is 28.1 Å². The molecule has 38 heavy (non-hydrogen) atoms. The SMILES string of the molecule is CCOCCOC(C)(C)C#CC[C@@H](C)[C@H]1CC[C@@H]2[C@@H]1[C@@H](O[Si](C)(C)C(C)(C)C)CC[C@H]2OCOCCOC. The van der Waals surface area contributed by atoms with Crippen LogP contribution in [0.2, 0.25) is 18.1 Å². The van der Waals surface area contributed by atoms with E-state index < -0.39 is 13.9 Å². The van der Waals surface area contributed by atoms with Crippen LogP contribution in [0.1, 0.15) is 80.6 Å². The summed E-state index contributed by atoms with van der Waals surface area (Å²) in [7, 11) is -0.189. The van der Waals surface area contributed by atoms with Crippen molar-refractivity contribution in [3.8, 4) is 11.8 Å². The van der Waals surface area contributed by atoms with Gasteiger partial charge in [-0.2, -0.15) is 0 Å². The zero-order chi connectivity index (χ0) is 28.4. The summed E-state index contributed by atoms with van der Waals surface area (Å²) in [5, 5.41) is 0.198. The van der Waals surface area contributed by atoms with Gasteiger partial charge >= 0.3 is 0 Å². The van der Waals surface area contributed by atoms with Crippen LogP contribution in [0.5, 0.6) is 0 Å². The van der Waals surface area contributed by atoms with Crippen LogP contribution in [0.15, 0.2) is 0 Å². The van der Waals surface area contributed by atoms with Crippen LogP contribution in [-0.2, 0) is 28.1 Å². The Labute approximate surface area is 235 Å². The van der Waals surface area contributed by atoms with E-state index in [1.807, 2.05) is 20.8 Å². The molecule has 7 heteroatoms. The highest BCUT2D eigenvalue weighted by Gasteiger charge is 2.52.